The Hall–Kier alpha value is -0.870. The first-order valence-corrected chi connectivity index (χ1v) is 8.05. The molecule has 0 spiro atoms. The van der Waals surface area contributed by atoms with Gasteiger partial charge in [0.2, 0.25) is 0 Å². The highest BCUT2D eigenvalue weighted by Gasteiger charge is 2.35. The normalized spacial score (nSPS) is 21.6. The summed E-state index contributed by atoms with van der Waals surface area (Å²) >= 11 is 7.72. The highest BCUT2D eigenvalue weighted by molar-refractivity contribution is 14.1. The van der Waals surface area contributed by atoms with Gasteiger partial charge in [0, 0.05) is 31.7 Å². The van der Waals surface area contributed by atoms with Gasteiger partial charge in [-0.3, -0.25) is 4.90 Å². The minimum absolute atomic E-state index is 0.0115. The molecule has 5 nitrogen and oxygen atoms in total. The predicted octanol–water partition coefficient (Wildman–Crippen LogP) is 2.78. The Kier molecular flexibility index (Phi) is 4.34. The smallest absolute Gasteiger partial charge is 0.407 e. The Morgan fingerprint density at radius 2 is 2.09 bits per heavy atom. The molecule has 22 heavy (non-hydrogen) atoms. The number of amides is 1. The zero-order chi connectivity index (χ0) is 16.0. The molecule has 2 aliphatic rings. The summed E-state index contributed by atoms with van der Waals surface area (Å²) in [5.74, 6) is -1.78. The Bertz CT molecular complexity index is 646. The second-order valence-corrected chi connectivity index (χ2v) is 6.68. The van der Waals surface area contributed by atoms with Gasteiger partial charge < -0.3 is 14.7 Å². The summed E-state index contributed by atoms with van der Waals surface area (Å²) in [5.41, 5.74) is 0.0918. The SMILES string of the molecule is O=C(O)N1CCN2Cc3c(F)c(F)c(I)c(Cl)c3OC[C@H]2C1. The van der Waals surface area contributed by atoms with E-state index in [1.165, 1.54) is 4.90 Å². The number of halogens is 4. The van der Waals surface area contributed by atoms with E-state index in [2.05, 4.69) is 0 Å². The lowest BCUT2D eigenvalue weighted by atomic mass is 10.1. The van der Waals surface area contributed by atoms with Crippen molar-refractivity contribution in [1.29, 1.82) is 0 Å². The third kappa shape index (κ3) is 2.61. The molecular weight excluding hydrogens is 433 g/mol. The number of fused-ring (bicyclic) bond motifs is 2. The Morgan fingerprint density at radius 3 is 2.77 bits per heavy atom. The van der Waals surface area contributed by atoms with E-state index in [4.69, 9.17) is 21.4 Å². The van der Waals surface area contributed by atoms with Crippen LogP contribution < -0.4 is 4.74 Å². The van der Waals surface area contributed by atoms with Crippen LogP contribution in [0.4, 0.5) is 13.6 Å². The summed E-state index contributed by atoms with van der Waals surface area (Å²) in [6, 6.07) is -0.214. The maximum Gasteiger partial charge on any atom is 0.407 e. The number of hydrogen-bond acceptors (Lipinski definition) is 3. The van der Waals surface area contributed by atoms with Crippen LogP contribution in [-0.4, -0.2) is 53.3 Å². The minimum atomic E-state index is -0.994. The average Bonchev–Trinajstić information content (AvgIpc) is 2.69. The van der Waals surface area contributed by atoms with Crippen molar-refractivity contribution in [2.75, 3.05) is 26.2 Å². The van der Waals surface area contributed by atoms with Gasteiger partial charge >= 0.3 is 6.09 Å². The lowest BCUT2D eigenvalue weighted by molar-refractivity contribution is 0.0500. The van der Waals surface area contributed by atoms with Crippen molar-refractivity contribution in [2.24, 2.45) is 0 Å². The number of benzene rings is 1. The number of carboxylic acid groups (broad SMARTS) is 1. The predicted molar refractivity (Wildman–Crippen MR) is 83.4 cm³/mol. The second kappa shape index (κ2) is 5.97. The van der Waals surface area contributed by atoms with Crippen LogP contribution in [0.25, 0.3) is 0 Å². The van der Waals surface area contributed by atoms with E-state index in [1.807, 2.05) is 4.90 Å². The first-order chi connectivity index (χ1) is 10.4. The fourth-order valence-electron chi connectivity index (χ4n) is 2.76. The summed E-state index contributed by atoms with van der Waals surface area (Å²) in [6.07, 6.45) is -0.994. The first kappa shape index (κ1) is 16.0. The maximum atomic E-state index is 14.2. The van der Waals surface area contributed by atoms with Crippen molar-refractivity contribution < 1.29 is 23.4 Å². The fourth-order valence-corrected chi connectivity index (χ4v) is 3.50. The first-order valence-electron chi connectivity index (χ1n) is 6.59. The van der Waals surface area contributed by atoms with Crippen molar-refractivity contribution in [3.05, 3.63) is 25.8 Å². The molecule has 1 amide bonds. The number of nitrogens with zero attached hydrogens (tertiary/aromatic N) is 2. The Labute approximate surface area is 143 Å². The lowest BCUT2D eigenvalue weighted by Gasteiger charge is -2.38. The molecule has 0 bridgehead atoms. The van der Waals surface area contributed by atoms with Crippen LogP contribution in [0.3, 0.4) is 0 Å². The minimum Gasteiger partial charge on any atom is -0.490 e. The molecule has 2 heterocycles. The molecular formula is C13H12ClF2IN2O3. The molecule has 1 aromatic rings. The van der Waals surface area contributed by atoms with Gasteiger partial charge in [-0.15, -0.1) is 0 Å². The van der Waals surface area contributed by atoms with Gasteiger partial charge in [-0.1, -0.05) is 11.6 Å². The van der Waals surface area contributed by atoms with Crippen molar-refractivity contribution in [1.82, 2.24) is 9.80 Å². The molecule has 0 radical (unpaired) electrons. The van der Waals surface area contributed by atoms with Crippen LogP contribution in [0.1, 0.15) is 5.56 Å². The summed E-state index contributed by atoms with van der Waals surface area (Å²) in [7, 11) is 0. The summed E-state index contributed by atoms with van der Waals surface area (Å²) in [4.78, 5) is 14.3. The third-order valence-electron chi connectivity index (χ3n) is 3.97. The van der Waals surface area contributed by atoms with E-state index in [0.717, 1.165) is 0 Å². The fraction of sp³-hybridized carbons (Fsp3) is 0.462. The molecule has 0 aromatic heterocycles. The molecule has 3 rings (SSSR count). The van der Waals surface area contributed by atoms with E-state index in [9.17, 15) is 13.6 Å². The standard InChI is InChI=1S/C13H12ClF2IN2O3/c14-8-11(17)10(16)9(15)7-4-18-1-2-19(13(20)21)3-6(18)5-22-12(7)8/h6H,1-5H2,(H,20,21)/t6-/m1/s1. The van der Waals surface area contributed by atoms with Gasteiger partial charge in [-0.05, 0) is 22.6 Å². The van der Waals surface area contributed by atoms with E-state index < -0.39 is 17.7 Å². The van der Waals surface area contributed by atoms with Crippen LogP contribution in [-0.2, 0) is 6.54 Å². The van der Waals surface area contributed by atoms with Gasteiger partial charge in [-0.25, -0.2) is 13.6 Å². The number of ether oxygens (including phenoxy) is 1. The molecule has 2 aliphatic heterocycles. The monoisotopic (exact) mass is 444 g/mol. The highest BCUT2D eigenvalue weighted by Crippen LogP contribution is 2.39. The molecule has 1 atom stereocenters. The van der Waals surface area contributed by atoms with Gasteiger partial charge in [0.25, 0.3) is 0 Å². The molecule has 120 valence electrons. The molecule has 0 unspecified atom stereocenters. The molecule has 1 aromatic carbocycles. The molecule has 9 heteroatoms. The van der Waals surface area contributed by atoms with Crippen molar-refractivity contribution in [3.63, 3.8) is 0 Å². The molecule has 0 aliphatic carbocycles. The molecule has 1 N–H and O–H groups in total. The molecule has 0 saturated carbocycles. The maximum absolute atomic E-state index is 14.2. The van der Waals surface area contributed by atoms with Crippen molar-refractivity contribution in [2.45, 2.75) is 12.6 Å². The lowest BCUT2D eigenvalue weighted by Crippen LogP contribution is -2.55. The van der Waals surface area contributed by atoms with Gasteiger partial charge in [0.1, 0.15) is 12.4 Å². The Morgan fingerprint density at radius 1 is 1.36 bits per heavy atom. The van der Waals surface area contributed by atoms with Gasteiger partial charge in [-0.2, -0.15) is 0 Å². The van der Waals surface area contributed by atoms with Crippen LogP contribution >= 0.6 is 34.2 Å². The quantitative estimate of drug-likeness (QED) is 0.380. The van der Waals surface area contributed by atoms with Crippen molar-refractivity contribution in [3.8, 4) is 5.75 Å². The Balaban J connectivity index is 1.95. The van der Waals surface area contributed by atoms with E-state index in [-0.39, 0.29) is 45.6 Å². The zero-order valence-electron chi connectivity index (χ0n) is 11.3. The summed E-state index contributed by atoms with van der Waals surface area (Å²) < 4.78 is 33.7. The van der Waals surface area contributed by atoms with Crippen LogP contribution in [0, 0.1) is 15.2 Å². The van der Waals surface area contributed by atoms with Crippen molar-refractivity contribution >= 4 is 40.3 Å². The zero-order valence-corrected chi connectivity index (χ0v) is 14.2. The second-order valence-electron chi connectivity index (χ2n) is 5.23. The van der Waals surface area contributed by atoms with E-state index in [1.54, 1.807) is 22.6 Å². The molecule has 1 fully saturated rings. The third-order valence-corrected chi connectivity index (χ3v) is 5.67. The topological polar surface area (TPSA) is 53.0 Å². The number of hydrogen-bond donors (Lipinski definition) is 1. The van der Waals surface area contributed by atoms with Gasteiger partial charge in [0.15, 0.2) is 11.6 Å². The molecule has 1 saturated heterocycles. The number of carbonyl (C=O) groups is 1. The summed E-state index contributed by atoms with van der Waals surface area (Å²) in [5, 5.41) is 9.13. The van der Waals surface area contributed by atoms with Crippen LogP contribution in [0.15, 0.2) is 0 Å². The van der Waals surface area contributed by atoms with Gasteiger partial charge in [0.05, 0.1) is 14.6 Å². The summed E-state index contributed by atoms with van der Waals surface area (Å²) in [6.45, 7) is 1.35. The van der Waals surface area contributed by atoms with Crippen LogP contribution in [0.2, 0.25) is 5.02 Å². The highest BCUT2D eigenvalue weighted by atomic mass is 127. The number of piperazine rings is 1. The van der Waals surface area contributed by atoms with E-state index >= 15 is 0 Å². The number of rotatable bonds is 0. The van der Waals surface area contributed by atoms with E-state index in [0.29, 0.717) is 13.1 Å². The largest absolute Gasteiger partial charge is 0.490 e. The van der Waals surface area contributed by atoms with Crippen LogP contribution in [0.5, 0.6) is 5.75 Å². The average molecular weight is 445 g/mol.